The highest BCUT2D eigenvalue weighted by molar-refractivity contribution is 5.88. The third-order valence-corrected chi connectivity index (χ3v) is 4.15. The maximum absolute atomic E-state index is 11.8. The number of benzene rings is 2. The summed E-state index contributed by atoms with van der Waals surface area (Å²) < 4.78 is 11.3. The Morgan fingerprint density at radius 2 is 1.85 bits per heavy atom. The predicted molar refractivity (Wildman–Crippen MR) is 102 cm³/mol. The normalized spacial score (nSPS) is 11.5. The van der Waals surface area contributed by atoms with E-state index in [1.54, 1.807) is 19.2 Å². The molecule has 1 unspecified atom stereocenters. The third kappa shape index (κ3) is 5.39. The highest BCUT2D eigenvalue weighted by Crippen LogP contribution is 2.25. The lowest BCUT2D eigenvalue weighted by Crippen LogP contribution is -2.30. The average molecular weight is 358 g/mol. The van der Waals surface area contributed by atoms with Gasteiger partial charge in [-0.05, 0) is 36.2 Å². The van der Waals surface area contributed by atoms with Gasteiger partial charge in [-0.1, -0.05) is 25.1 Å². The van der Waals surface area contributed by atoms with Gasteiger partial charge in [0.25, 0.3) is 0 Å². The fourth-order valence-corrected chi connectivity index (χ4v) is 2.49. The Morgan fingerprint density at radius 3 is 2.54 bits per heavy atom. The Bertz CT molecular complexity index is 720. The number of rotatable bonds is 8. The molecule has 26 heavy (non-hydrogen) atoms. The zero-order valence-electron chi connectivity index (χ0n) is 15.7. The van der Waals surface area contributed by atoms with Crippen LogP contribution in [0.3, 0.4) is 0 Å². The second-order valence-electron chi connectivity index (χ2n) is 5.83. The van der Waals surface area contributed by atoms with Gasteiger partial charge in [0.15, 0.2) is 0 Å². The van der Waals surface area contributed by atoms with Crippen LogP contribution in [0.25, 0.3) is 0 Å². The number of nitrogens with zero attached hydrogens (tertiary/aromatic N) is 1. The van der Waals surface area contributed by atoms with Gasteiger partial charge in [0.1, 0.15) is 11.5 Å². The van der Waals surface area contributed by atoms with E-state index in [9.17, 15) is 4.79 Å². The van der Waals surface area contributed by atoms with Crippen molar-refractivity contribution in [3.8, 4) is 11.5 Å². The van der Waals surface area contributed by atoms with E-state index in [1.807, 2.05) is 30.3 Å². The molecule has 0 aliphatic heterocycles. The monoisotopic (exact) mass is 358 g/mol. The van der Waals surface area contributed by atoms with E-state index in [-0.39, 0.29) is 11.9 Å². The first-order valence-electron chi connectivity index (χ1n) is 8.53. The van der Waals surface area contributed by atoms with E-state index in [0.717, 1.165) is 17.2 Å². The molecule has 0 fully saturated rings. The second-order valence-corrected chi connectivity index (χ2v) is 5.83. The van der Waals surface area contributed by atoms with E-state index >= 15 is 0 Å². The van der Waals surface area contributed by atoms with Crippen LogP contribution in [0.4, 0.5) is 10.5 Å². The summed E-state index contributed by atoms with van der Waals surface area (Å²) in [6.07, 6.45) is 0.947. The number of hydrogen-bond donors (Lipinski definition) is 1. The SMILES string of the molecule is CCC(COc1cccc(NC(=O)N(C)OC)c1)c1cccc(OC)c1. The first kappa shape index (κ1) is 19.6. The third-order valence-electron chi connectivity index (χ3n) is 4.15. The van der Waals surface area contributed by atoms with Gasteiger partial charge in [-0.25, -0.2) is 9.86 Å². The minimum absolute atomic E-state index is 0.253. The minimum Gasteiger partial charge on any atom is -0.497 e. The van der Waals surface area contributed by atoms with Crippen LogP contribution in [0, 0.1) is 0 Å². The fraction of sp³-hybridized carbons (Fsp3) is 0.350. The number of methoxy groups -OCH3 is 1. The van der Waals surface area contributed by atoms with Crippen molar-refractivity contribution in [1.82, 2.24) is 5.06 Å². The van der Waals surface area contributed by atoms with Crippen LogP contribution in [0.2, 0.25) is 0 Å². The molecule has 0 saturated heterocycles. The lowest BCUT2D eigenvalue weighted by Gasteiger charge is -2.18. The molecule has 0 bridgehead atoms. The van der Waals surface area contributed by atoms with Gasteiger partial charge in [-0.3, -0.25) is 4.84 Å². The highest BCUT2D eigenvalue weighted by Gasteiger charge is 2.12. The summed E-state index contributed by atoms with van der Waals surface area (Å²) in [6.45, 7) is 2.67. The zero-order valence-corrected chi connectivity index (χ0v) is 15.7. The van der Waals surface area contributed by atoms with Crippen molar-refractivity contribution in [3.05, 3.63) is 54.1 Å². The molecular formula is C20H26N2O4. The molecule has 6 nitrogen and oxygen atoms in total. The number of urea groups is 1. The van der Waals surface area contributed by atoms with Crippen molar-refractivity contribution < 1.29 is 19.1 Å². The number of hydrogen-bond acceptors (Lipinski definition) is 4. The van der Waals surface area contributed by atoms with Gasteiger partial charge in [0.05, 0.1) is 20.8 Å². The fourth-order valence-electron chi connectivity index (χ4n) is 2.49. The van der Waals surface area contributed by atoms with Crippen LogP contribution in [0.5, 0.6) is 11.5 Å². The molecule has 0 aromatic heterocycles. The van der Waals surface area contributed by atoms with Crippen molar-refractivity contribution in [1.29, 1.82) is 0 Å². The summed E-state index contributed by atoms with van der Waals surface area (Å²) >= 11 is 0. The Balaban J connectivity index is 2.01. The summed E-state index contributed by atoms with van der Waals surface area (Å²) in [5.74, 6) is 1.79. The van der Waals surface area contributed by atoms with Gasteiger partial charge in [-0.2, -0.15) is 0 Å². The summed E-state index contributed by atoms with van der Waals surface area (Å²) in [6, 6.07) is 15.0. The number of carbonyl (C=O) groups excluding carboxylic acids is 1. The first-order valence-corrected chi connectivity index (χ1v) is 8.53. The maximum atomic E-state index is 11.8. The smallest absolute Gasteiger partial charge is 0.345 e. The van der Waals surface area contributed by atoms with E-state index in [2.05, 4.69) is 18.3 Å². The lowest BCUT2D eigenvalue weighted by molar-refractivity contribution is -0.0598. The summed E-state index contributed by atoms with van der Waals surface area (Å²) in [7, 11) is 4.63. The van der Waals surface area contributed by atoms with Crippen molar-refractivity contribution in [2.45, 2.75) is 19.3 Å². The molecule has 2 amide bonds. The molecule has 140 valence electrons. The maximum Gasteiger partial charge on any atom is 0.345 e. The van der Waals surface area contributed by atoms with Gasteiger partial charge in [0.2, 0.25) is 0 Å². The summed E-state index contributed by atoms with van der Waals surface area (Å²) in [4.78, 5) is 16.7. The molecule has 2 aromatic carbocycles. The Labute approximate surface area is 154 Å². The number of ether oxygens (including phenoxy) is 2. The van der Waals surface area contributed by atoms with Crippen molar-refractivity contribution in [2.24, 2.45) is 0 Å². The van der Waals surface area contributed by atoms with E-state index in [0.29, 0.717) is 18.0 Å². The molecule has 1 atom stereocenters. The van der Waals surface area contributed by atoms with Crippen LogP contribution in [0.15, 0.2) is 48.5 Å². The minimum atomic E-state index is -0.354. The van der Waals surface area contributed by atoms with Crippen LogP contribution in [-0.2, 0) is 4.84 Å². The zero-order chi connectivity index (χ0) is 18.9. The largest absolute Gasteiger partial charge is 0.497 e. The Kier molecular flexibility index (Phi) is 7.29. The topological polar surface area (TPSA) is 60.0 Å². The molecule has 0 heterocycles. The van der Waals surface area contributed by atoms with Crippen LogP contribution >= 0.6 is 0 Å². The molecular weight excluding hydrogens is 332 g/mol. The first-order chi connectivity index (χ1) is 12.6. The molecule has 6 heteroatoms. The summed E-state index contributed by atoms with van der Waals surface area (Å²) in [5, 5.41) is 3.86. The van der Waals surface area contributed by atoms with Crippen molar-refractivity contribution in [3.63, 3.8) is 0 Å². The van der Waals surface area contributed by atoms with E-state index < -0.39 is 0 Å². The standard InChI is InChI=1S/C20H26N2O4/c1-5-15(16-8-6-10-18(12-16)24-3)14-26-19-11-7-9-17(13-19)21-20(23)22(2)25-4/h6-13,15H,5,14H2,1-4H3,(H,21,23). The Morgan fingerprint density at radius 1 is 1.12 bits per heavy atom. The molecule has 0 spiro atoms. The van der Waals surface area contributed by atoms with Gasteiger partial charge < -0.3 is 14.8 Å². The van der Waals surface area contributed by atoms with Crippen LogP contribution < -0.4 is 14.8 Å². The molecule has 1 N–H and O–H groups in total. The molecule has 0 aliphatic carbocycles. The van der Waals surface area contributed by atoms with E-state index in [4.69, 9.17) is 14.3 Å². The van der Waals surface area contributed by atoms with Gasteiger partial charge >= 0.3 is 6.03 Å². The summed E-state index contributed by atoms with van der Waals surface area (Å²) in [5.41, 5.74) is 1.82. The number of carbonyl (C=O) groups is 1. The molecule has 0 aliphatic rings. The Hall–Kier alpha value is -2.73. The number of hydroxylamine groups is 2. The quantitative estimate of drug-likeness (QED) is 0.715. The van der Waals surface area contributed by atoms with Crippen LogP contribution in [0.1, 0.15) is 24.8 Å². The van der Waals surface area contributed by atoms with Crippen molar-refractivity contribution in [2.75, 3.05) is 33.2 Å². The molecule has 0 radical (unpaired) electrons. The van der Waals surface area contributed by atoms with E-state index in [1.165, 1.54) is 19.7 Å². The lowest BCUT2D eigenvalue weighted by atomic mass is 9.97. The second kappa shape index (κ2) is 9.68. The number of nitrogens with one attached hydrogen (secondary N) is 1. The number of amides is 2. The predicted octanol–water partition coefficient (Wildman–Crippen LogP) is 4.29. The average Bonchev–Trinajstić information content (AvgIpc) is 2.68. The number of anilines is 1. The molecule has 2 aromatic rings. The molecule has 0 saturated carbocycles. The van der Waals surface area contributed by atoms with Crippen LogP contribution in [-0.4, -0.2) is 39.0 Å². The highest BCUT2D eigenvalue weighted by atomic mass is 16.7. The molecule has 2 rings (SSSR count). The van der Waals surface area contributed by atoms with Gasteiger partial charge in [-0.15, -0.1) is 0 Å². The van der Waals surface area contributed by atoms with Gasteiger partial charge in [0, 0.05) is 24.7 Å². The van der Waals surface area contributed by atoms with Crippen molar-refractivity contribution >= 4 is 11.7 Å².